The third-order valence-electron chi connectivity index (χ3n) is 6.21. The molecular formula is C23H27NO3. The fourth-order valence-electron chi connectivity index (χ4n) is 4.48. The van der Waals surface area contributed by atoms with Gasteiger partial charge < -0.3 is 10.0 Å². The number of likely N-dealkylation sites (N-methyl/N-ethyl adjacent to an activating group) is 1. The largest absolute Gasteiger partial charge is 0.478 e. The van der Waals surface area contributed by atoms with Crippen LogP contribution in [0.25, 0.3) is 0 Å². The summed E-state index contributed by atoms with van der Waals surface area (Å²) in [4.78, 5) is 25.8. The van der Waals surface area contributed by atoms with Crippen LogP contribution in [-0.4, -0.2) is 35.0 Å². The number of amides is 1. The Morgan fingerprint density at radius 3 is 2.04 bits per heavy atom. The molecule has 1 N–H and O–H groups in total. The molecule has 0 radical (unpaired) electrons. The lowest BCUT2D eigenvalue weighted by Crippen LogP contribution is -2.48. The molecule has 1 amide bonds. The Hall–Kier alpha value is -2.62. The minimum atomic E-state index is -0.956. The van der Waals surface area contributed by atoms with Crippen molar-refractivity contribution in [1.29, 1.82) is 0 Å². The van der Waals surface area contributed by atoms with Gasteiger partial charge in [-0.05, 0) is 40.7 Å². The average Bonchev–Trinajstić information content (AvgIpc) is 2.66. The van der Waals surface area contributed by atoms with Crippen LogP contribution in [-0.2, 0) is 11.2 Å². The number of hydrogen-bond acceptors (Lipinski definition) is 2. The fraction of sp³-hybridized carbons (Fsp3) is 0.391. The van der Waals surface area contributed by atoms with E-state index in [2.05, 4.69) is 45.0 Å². The van der Waals surface area contributed by atoms with Gasteiger partial charge in [-0.2, -0.15) is 0 Å². The summed E-state index contributed by atoms with van der Waals surface area (Å²) in [6.45, 7) is 6.68. The topological polar surface area (TPSA) is 57.6 Å². The van der Waals surface area contributed by atoms with E-state index in [0.29, 0.717) is 11.8 Å². The third kappa shape index (κ3) is 3.61. The molecule has 0 heterocycles. The molecule has 0 spiro atoms. The maximum atomic E-state index is 12.9. The van der Waals surface area contributed by atoms with Crippen LogP contribution in [0.2, 0.25) is 0 Å². The number of nitrogens with zero attached hydrogens (tertiary/aromatic N) is 1. The van der Waals surface area contributed by atoms with Crippen LogP contribution < -0.4 is 0 Å². The number of benzene rings is 2. The highest BCUT2D eigenvalue weighted by molar-refractivity contribution is 5.87. The van der Waals surface area contributed by atoms with Crippen molar-refractivity contribution in [2.24, 2.45) is 5.92 Å². The summed E-state index contributed by atoms with van der Waals surface area (Å²) < 4.78 is 0. The highest BCUT2D eigenvalue weighted by atomic mass is 16.4. The highest BCUT2D eigenvalue weighted by Gasteiger charge is 2.39. The molecule has 1 aliphatic rings. The number of carbonyl (C=O) groups is 2. The number of aromatic carboxylic acids is 1. The number of carbonyl (C=O) groups excluding carboxylic acids is 1. The first kappa shape index (κ1) is 19.2. The summed E-state index contributed by atoms with van der Waals surface area (Å²) in [5, 5.41) is 9.00. The molecule has 0 bridgehead atoms. The Bertz CT molecular complexity index is 843. The monoisotopic (exact) mass is 365 g/mol. The van der Waals surface area contributed by atoms with E-state index >= 15 is 0 Å². The lowest BCUT2D eigenvalue weighted by atomic mass is 9.68. The normalized spacial score (nSPS) is 24.1. The van der Waals surface area contributed by atoms with Crippen molar-refractivity contribution < 1.29 is 14.7 Å². The molecule has 4 atom stereocenters. The van der Waals surface area contributed by atoms with E-state index in [4.69, 9.17) is 5.11 Å². The van der Waals surface area contributed by atoms with E-state index in [0.717, 1.165) is 5.56 Å². The molecule has 27 heavy (non-hydrogen) atoms. The zero-order valence-electron chi connectivity index (χ0n) is 16.3. The summed E-state index contributed by atoms with van der Waals surface area (Å²) in [6, 6.07) is 15.2. The van der Waals surface area contributed by atoms with Crippen molar-refractivity contribution in [3.8, 4) is 0 Å². The zero-order chi connectivity index (χ0) is 19.7. The van der Waals surface area contributed by atoms with Gasteiger partial charge in [-0.3, -0.25) is 4.79 Å². The van der Waals surface area contributed by atoms with E-state index in [1.54, 1.807) is 24.3 Å². The molecule has 4 heteroatoms. The van der Waals surface area contributed by atoms with Crippen LogP contribution in [0.1, 0.15) is 59.7 Å². The van der Waals surface area contributed by atoms with Crippen molar-refractivity contribution in [3.05, 3.63) is 70.8 Å². The summed E-state index contributed by atoms with van der Waals surface area (Å²) >= 11 is 0. The van der Waals surface area contributed by atoms with Crippen LogP contribution in [0.15, 0.2) is 48.5 Å². The van der Waals surface area contributed by atoms with Gasteiger partial charge in [-0.25, -0.2) is 4.79 Å². The standard InChI is InChI=1S/C23H27NO3/c1-14-15(2)22(16(3)20-8-6-5-7-19(14)20)24(4)21(25)13-17-9-11-18(12-10-17)23(26)27/h5-12,14-16,22H,13H2,1-4H3,(H,26,27). The molecule has 3 rings (SSSR count). The van der Waals surface area contributed by atoms with Crippen LogP contribution in [0.5, 0.6) is 0 Å². The third-order valence-corrected chi connectivity index (χ3v) is 6.21. The van der Waals surface area contributed by atoms with Gasteiger partial charge in [0.15, 0.2) is 0 Å². The summed E-state index contributed by atoms with van der Waals surface area (Å²) in [6.07, 6.45) is 0.280. The van der Waals surface area contributed by atoms with Gasteiger partial charge in [0.1, 0.15) is 0 Å². The predicted octanol–water partition coefficient (Wildman–Crippen LogP) is 4.31. The van der Waals surface area contributed by atoms with E-state index in [1.807, 2.05) is 11.9 Å². The highest BCUT2D eigenvalue weighted by Crippen LogP contribution is 2.44. The molecule has 2 aromatic carbocycles. The molecule has 0 saturated heterocycles. The van der Waals surface area contributed by atoms with Gasteiger partial charge in [0.2, 0.25) is 5.91 Å². The van der Waals surface area contributed by atoms with Crippen molar-refractivity contribution in [1.82, 2.24) is 4.90 Å². The predicted molar refractivity (Wildman–Crippen MR) is 106 cm³/mol. The molecule has 4 nitrogen and oxygen atoms in total. The van der Waals surface area contributed by atoms with Crippen LogP contribution in [0.4, 0.5) is 0 Å². The Balaban J connectivity index is 1.79. The van der Waals surface area contributed by atoms with Crippen molar-refractivity contribution >= 4 is 11.9 Å². The quantitative estimate of drug-likeness (QED) is 0.878. The average molecular weight is 365 g/mol. The molecule has 2 aromatic rings. The lowest BCUT2D eigenvalue weighted by molar-refractivity contribution is -0.133. The van der Waals surface area contributed by atoms with Crippen molar-refractivity contribution in [3.63, 3.8) is 0 Å². The van der Waals surface area contributed by atoms with Crippen molar-refractivity contribution in [2.75, 3.05) is 7.05 Å². The molecule has 0 aliphatic heterocycles. The smallest absolute Gasteiger partial charge is 0.335 e. The minimum absolute atomic E-state index is 0.0633. The minimum Gasteiger partial charge on any atom is -0.478 e. The van der Waals surface area contributed by atoms with E-state index in [1.165, 1.54) is 11.1 Å². The van der Waals surface area contributed by atoms with Gasteiger partial charge in [0.05, 0.1) is 12.0 Å². The summed E-state index contributed by atoms with van der Waals surface area (Å²) in [7, 11) is 1.90. The molecular weight excluding hydrogens is 338 g/mol. The second-order valence-electron chi connectivity index (χ2n) is 7.74. The fourth-order valence-corrected chi connectivity index (χ4v) is 4.48. The van der Waals surface area contributed by atoms with Crippen molar-refractivity contribution in [2.45, 2.75) is 45.1 Å². The number of rotatable bonds is 4. The Kier molecular flexibility index (Phi) is 5.36. The van der Waals surface area contributed by atoms with Gasteiger partial charge in [-0.15, -0.1) is 0 Å². The Morgan fingerprint density at radius 1 is 0.926 bits per heavy atom. The molecule has 0 fully saturated rings. The van der Waals surface area contributed by atoms with Gasteiger partial charge >= 0.3 is 5.97 Å². The number of fused-ring (bicyclic) bond motifs is 1. The lowest BCUT2D eigenvalue weighted by Gasteiger charge is -2.45. The van der Waals surface area contributed by atoms with E-state index < -0.39 is 5.97 Å². The Morgan fingerprint density at radius 2 is 1.48 bits per heavy atom. The van der Waals surface area contributed by atoms with E-state index in [-0.39, 0.29) is 29.9 Å². The first-order chi connectivity index (χ1) is 12.8. The van der Waals surface area contributed by atoms with E-state index in [9.17, 15) is 9.59 Å². The molecule has 1 aliphatic carbocycles. The SMILES string of the molecule is CC1c2ccccc2C(C)C(N(C)C(=O)Cc2ccc(C(=O)O)cc2)C1C. The van der Waals surface area contributed by atoms with Crippen LogP contribution >= 0.6 is 0 Å². The van der Waals surface area contributed by atoms with Gasteiger partial charge in [0, 0.05) is 19.0 Å². The summed E-state index contributed by atoms with van der Waals surface area (Å²) in [5.41, 5.74) is 3.79. The van der Waals surface area contributed by atoms with Crippen LogP contribution in [0.3, 0.4) is 0 Å². The number of carboxylic acids is 1. The first-order valence-electron chi connectivity index (χ1n) is 9.48. The maximum absolute atomic E-state index is 12.9. The second-order valence-corrected chi connectivity index (χ2v) is 7.74. The molecule has 0 saturated carbocycles. The number of carboxylic acid groups (broad SMARTS) is 1. The molecule has 4 unspecified atom stereocenters. The second kappa shape index (κ2) is 7.55. The Labute approximate surface area is 160 Å². The maximum Gasteiger partial charge on any atom is 0.335 e. The number of hydrogen-bond donors (Lipinski definition) is 1. The van der Waals surface area contributed by atoms with Gasteiger partial charge in [-0.1, -0.05) is 57.2 Å². The first-order valence-corrected chi connectivity index (χ1v) is 9.48. The van der Waals surface area contributed by atoms with Gasteiger partial charge in [0.25, 0.3) is 0 Å². The molecule has 142 valence electrons. The zero-order valence-corrected chi connectivity index (χ0v) is 16.3. The summed E-state index contributed by atoms with van der Waals surface area (Å²) in [5.74, 6) is 0.136. The molecule has 0 aromatic heterocycles. The van der Waals surface area contributed by atoms with Crippen LogP contribution in [0, 0.1) is 5.92 Å².